The number of aryl methyl sites for hydroxylation is 1. The van der Waals surface area contributed by atoms with E-state index in [1.165, 1.54) is 11.3 Å². The van der Waals surface area contributed by atoms with Crippen LogP contribution >= 0.6 is 11.3 Å². The summed E-state index contributed by atoms with van der Waals surface area (Å²) in [5, 5.41) is 14.0. The number of carbonyl (C=O) groups is 1. The molecule has 2 heterocycles. The van der Waals surface area contributed by atoms with Gasteiger partial charge < -0.3 is 15.2 Å². The molecule has 0 saturated heterocycles. The average Bonchev–Trinajstić information content (AvgIpc) is 2.89. The molecule has 0 aliphatic heterocycles. The highest BCUT2D eigenvalue weighted by Crippen LogP contribution is 2.17. The van der Waals surface area contributed by atoms with Gasteiger partial charge in [0.2, 0.25) is 5.88 Å². The molecule has 0 bridgehead atoms. The molecule has 2 aromatic rings. The lowest BCUT2D eigenvalue weighted by atomic mass is 10.2. The number of ether oxygens (including phenoxy) is 1. The number of hydrogen-bond acceptors (Lipinski definition) is 5. The molecule has 0 spiro atoms. The number of thiophene rings is 1. The van der Waals surface area contributed by atoms with E-state index in [4.69, 9.17) is 9.84 Å². The van der Waals surface area contributed by atoms with Crippen LogP contribution in [-0.2, 0) is 13.1 Å². The second kappa shape index (κ2) is 6.49. The quantitative estimate of drug-likeness (QED) is 0.855. The Morgan fingerprint density at radius 1 is 1.40 bits per heavy atom. The van der Waals surface area contributed by atoms with Crippen LogP contribution in [0.4, 0.5) is 0 Å². The zero-order valence-electron chi connectivity index (χ0n) is 11.3. The smallest absolute Gasteiger partial charge is 0.346 e. The Bertz CT molecular complexity index is 610. The molecule has 0 fully saturated rings. The lowest BCUT2D eigenvalue weighted by Gasteiger charge is -2.07. The molecule has 2 N–H and O–H groups in total. The van der Waals surface area contributed by atoms with Gasteiger partial charge in [-0.3, -0.25) is 0 Å². The highest BCUT2D eigenvalue weighted by molar-refractivity contribution is 7.12. The van der Waals surface area contributed by atoms with Crippen LogP contribution in [0.3, 0.4) is 0 Å². The zero-order chi connectivity index (χ0) is 14.5. The van der Waals surface area contributed by atoms with Crippen molar-refractivity contribution in [1.82, 2.24) is 10.3 Å². The summed E-state index contributed by atoms with van der Waals surface area (Å²) in [6.45, 7) is 3.00. The van der Waals surface area contributed by atoms with Gasteiger partial charge in [-0.1, -0.05) is 6.07 Å². The Hall–Kier alpha value is -1.92. The normalized spacial score (nSPS) is 10.5. The summed E-state index contributed by atoms with van der Waals surface area (Å²) in [5.41, 5.74) is 2.64. The molecule has 0 unspecified atom stereocenters. The first-order valence-corrected chi connectivity index (χ1v) is 7.00. The predicted molar refractivity (Wildman–Crippen MR) is 77.3 cm³/mol. The molecular formula is C14H16N2O3S. The predicted octanol–water partition coefficient (Wildman–Crippen LogP) is 2.45. The lowest BCUT2D eigenvalue weighted by Crippen LogP contribution is -2.15. The van der Waals surface area contributed by atoms with Crippen molar-refractivity contribution in [3.63, 3.8) is 0 Å². The number of carboxylic acid groups (broad SMARTS) is 1. The molecule has 0 atom stereocenters. The Morgan fingerprint density at radius 2 is 2.20 bits per heavy atom. The molecule has 2 aromatic heterocycles. The molecule has 0 radical (unpaired) electrons. The number of aromatic nitrogens is 1. The molecule has 6 heteroatoms. The lowest BCUT2D eigenvalue weighted by molar-refractivity contribution is 0.0701. The Kier molecular flexibility index (Phi) is 4.70. The average molecular weight is 292 g/mol. The third kappa shape index (κ3) is 3.34. The van der Waals surface area contributed by atoms with E-state index in [1.54, 1.807) is 12.5 Å². The third-order valence-corrected chi connectivity index (χ3v) is 3.81. The van der Waals surface area contributed by atoms with Crippen molar-refractivity contribution in [2.75, 3.05) is 7.11 Å². The standard InChI is InChI=1S/C14H16N2O3S/c1-9-3-4-11(16-13(9)19-2)8-15-7-10-5-6-20-12(10)14(17)18/h3-6,15H,7-8H2,1-2H3,(H,17,18). The van der Waals surface area contributed by atoms with E-state index in [9.17, 15) is 4.79 Å². The summed E-state index contributed by atoms with van der Waals surface area (Å²) >= 11 is 1.24. The van der Waals surface area contributed by atoms with Crippen LogP contribution in [0.25, 0.3) is 0 Å². The number of aromatic carboxylic acids is 1. The maximum atomic E-state index is 11.0. The van der Waals surface area contributed by atoms with E-state index < -0.39 is 5.97 Å². The van der Waals surface area contributed by atoms with Crippen LogP contribution in [0.1, 0.15) is 26.5 Å². The van der Waals surface area contributed by atoms with Crippen LogP contribution in [0.2, 0.25) is 0 Å². The maximum Gasteiger partial charge on any atom is 0.346 e. The Labute approximate surface area is 121 Å². The summed E-state index contributed by atoms with van der Waals surface area (Å²) in [4.78, 5) is 15.7. The second-order valence-corrected chi connectivity index (χ2v) is 5.23. The van der Waals surface area contributed by atoms with Crippen molar-refractivity contribution in [2.24, 2.45) is 0 Å². The minimum Gasteiger partial charge on any atom is -0.481 e. The summed E-state index contributed by atoms with van der Waals surface area (Å²) in [7, 11) is 1.59. The van der Waals surface area contributed by atoms with Gasteiger partial charge in [0.05, 0.1) is 12.8 Å². The van der Waals surface area contributed by atoms with Crippen LogP contribution < -0.4 is 10.1 Å². The zero-order valence-corrected chi connectivity index (χ0v) is 12.2. The highest BCUT2D eigenvalue weighted by Gasteiger charge is 2.11. The van der Waals surface area contributed by atoms with Crippen molar-refractivity contribution in [1.29, 1.82) is 0 Å². The Morgan fingerprint density at radius 3 is 2.90 bits per heavy atom. The minimum absolute atomic E-state index is 0.381. The van der Waals surface area contributed by atoms with Gasteiger partial charge in [0, 0.05) is 18.7 Å². The van der Waals surface area contributed by atoms with E-state index in [0.717, 1.165) is 16.8 Å². The number of carboxylic acids is 1. The molecule has 0 saturated carbocycles. The number of methoxy groups -OCH3 is 1. The van der Waals surface area contributed by atoms with Crippen LogP contribution in [0.15, 0.2) is 23.6 Å². The van der Waals surface area contributed by atoms with Gasteiger partial charge >= 0.3 is 5.97 Å². The first-order valence-electron chi connectivity index (χ1n) is 6.12. The molecule has 0 aliphatic rings. The van der Waals surface area contributed by atoms with Crippen molar-refractivity contribution >= 4 is 17.3 Å². The largest absolute Gasteiger partial charge is 0.481 e. The number of hydrogen-bond donors (Lipinski definition) is 2. The fraction of sp³-hybridized carbons (Fsp3) is 0.286. The van der Waals surface area contributed by atoms with Crippen molar-refractivity contribution in [3.8, 4) is 5.88 Å². The molecule has 106 valence electrons. The first kappa shape index (κ1) is 14.5. The van der Waals surface area contributed by atoms with E-state index in [2.05, 4.69) is 10.3 Å². The van der Waals surface area contributed by atoms with Crippen LogP contribution in [0, 0.1) is 6.92 Å². The van der Waals surface area contributed by atoms with Gasteiger partial charge in [-0.2, -0.15) is 0 Å². The topological polar surface area (TPSA) is 71.5 Å². The van der Waals surface area contributed by atoms with Crippen molar-refractivity contribution in [3.05, 3.63) is 45.3 Å². The van der Waals surface area contributed by atoms with Gasteiger partial charge in [0.15, 0.2) is 0 Å². The molecule has 0 aromatic carbocycles. The minimum atomic E-state index is -0.882. The number of nitrogens with one attached hydrogen (secondary N) is 1. The first-order chi connectivity index (χ1) is 9.61. The summed E-state index contributed by atoms with van der Waals surface area (Å²) in [6, 6.07) is 5.71. The van der Waals surface area contributed by atoms with E-state index in [1.807, 2.05) is 25.1 Å². The van der Waals surface area contributed by atoms with Crippen LogP contribution in [0.5, 0.6) is 5.88 Å². The van der Waals surface area contributed by atoms with Crippen molar-refractivity contribution in [2.45, 2.75) is 20.0 Å². The van der Waals surface area contributed by atoms with Crippen molar-refractivity contribution < 1.29 is 14.6 Å². The summed E-state index contributed by atoms with van der Waals surface area (Å²) in [5.74, 6) is -0.266. The second-order valence-electron chi connectivity index (χ2n) is 4.31. The molecular weight excluding hydrogens is 276 g/mol. The van der Waals surface area contributed by atoms with Gasteiger partial charge in [-0.25, -0.2) is 9.78 Å². The summed E-state index contributed by atoms with van der Waals surface area (Å²) < 4.78 is 5.17. The van der Waals surface area contributed by atoms with Gasteiger partial charge in [0.1, 0.15) is 4.88 Å². The fourth-order valence-corrected chi connectivity index (χ4v) is 2.60. The monoisotopic (exact) mass is 292 g/mol. The molecule has 20 heavy (non-hydrogen) atoms. The number of rotatable bonds is 6. The molecule has 5 nitrogen and oxygen atoms in total. The van der Waals surface area contributed by atoms with E-state index >= 15 is 0 Å². The number of pyridine rings is 1. The molecule has 2 rings (SSSR count). The van der Waals surface area contributed by atoms with E-state index in [-0.39, 0.29) is 0 Å². The molecule has 0 amide bonds. The van der Waals surface area contributed by atoms with Gasteiger partial charge in [-0.05, 0) is 30.0 Å². The fourth-order valence-electron chi connectivity index (χ4n) is 1.84. The van der Waals surface area contributed by atoms with Gasteiger partial charge in [-0.15, -0.1) is 11.3 Å². The number of nitrogens with zero attached hydrogens (tertiary/aromatic N) is 1. The maximum absolute atomic E-state index is 11.0. The highest BCUT2D eigenvalue weighted by atomic mass is 32.1. The SMILES string of the molecule is COc1nc(CNCc2ccsc2C(=O)O)ccc1C. The van der Waals surface area contributed by atoms with Crippen LogP contribution in [-0.4, -0.2) is 23.2 Å². The summed E-state index contributed by atoms with van der Waals surface area (Å²) in [6.07, 6.45) is 0. The molecule has 0 aliphatic carbocycles. The Balaban J connectivity index is 1.96. The van der Waals surface area contributed by atoms with E-state index in [0.29, 0.717) is 23.8 Å². The third-order valence-electron chi connectivity index (χ3n) is 2.86. The van der Waals surface area contributed by atoms with Gasteiger partial charge in [0.25, 0.3) is 0 Å².